The molecule has 0 aromatic heterocycles. The third kappa shape index (κ3) is 7.19. The summed E-state index contributed by atoms with van der Waals surface area (Å²) in [6.45, 7) is 0.0682. The Kier molecular flexibility index (Phi) is 9.12. The summed E-state index contributed by atoms with van der Waals surface area (Å²) < 4.78 is 39.8. The number of nitrogens with one attached hydrogen (secondary N) is 2. The van der Waals surface area contributed by atoms with Crippen molar-refractivity contribution in [3.05, 3.63) is 83.4 Å². The molecule has 0 bridgehead atoms. The molecule has 1 aliphatic carbocycles. The highest BCUT2D eigenvalue weighted by atomic mass is 35.5. The van der Waals surface area contributed by atoms with Gasteiger partial charge in [0.05, 0.1) is 22.2 Å². The third-order valence-electron chi connectivity index (χ3n) is 7.16. The van der Waals surface area contributed by atoms with E-state index in [2.05, 4.69) is 10.0 Å². The number of halogens is 1. The van der Waals surface area contributed by atoms with Crippen LogP contribution in [0.15, 0.2) is 77.7 Å². The van der Waals surface area contributed by atoms with Crippen molar-refractivity contribution in [1.82, 2.24) is 10.0 Å². The van der Waals surface area contributed by atoms with E-state index in [0.29, 0.717) is 24.4 Å². The van der Waals surface area contributed by atoms with Crippen molar-refractivity contribution < 1.29 is 27.5 Å². The van der Waals surface area contributed by atoms with E-state index in [1.54, 1.807) is 24.3 Å². The van der Waals surface area contributed by atoms with Gasteiger partial charge in [-0.2, -0.15) is 0 Å². The van der Waals surface area contributed by atoms with E-state index in [1.807, 2.05) is 30.3 Å². The van der Waals surface area contributed by atoms with Crippen molar-refractivity contribution in [2.75, 3.05) is 24.6 Å². The van der Waals surface area contributed by atoms with Gasteiger partial charge in [-0.05, 0) is 55.2 Å². The number of sulfonamides is 1. The summed E-state index contributed by atoms with van der Waals surface area (Å²) >= 11 is 6.34. The van der Waals surface area contributed by atoms with Crippen LogP contribution < -0.4 is 24.4 Å². The van der Waals surface area contributed by atoms with Crippen molar-refractivity contribution in [2.45, 2.75) is 49.1 Å². The number of anilines is 1. The van der Waals surface area contributed by atoms with Crippen LogP contribution in [0.1, 0.15) is 31.2 Å². The van der Waals surface area contributed by atoms with Crippen LogP contribution in [0.5, 0.6) is 11.5 Å². The summed E-state index contributed by atoms with van der Waals surface area (Å²) in [5.41, 5.74) is 1.63. The first-order valence-corrected chi connectivity index (χ1v) is 15.5. The number of rotatable bonds is 10. The lowest BCUT2D eigenvalue weighted by atomic mass is 10.1. The first-order valence-electron chi connectivity index (χ1n) is 13.6. The minimum atomic E-state index is -3.72. The lowest BCUT2D eigenvalue weighted by Gasteiger charge is -2.34. The van der Waals surface area contributed by atoms with E-state index in [-0.39, 0.29) is 40.8 Å². The van der Waals surface area contributed by atoms with Crippen LogP contribution in [0, 0.1) is 0 Å². The smallest absolute Gasteiger partial charge is 0.265 e. The van der Waals surface area contributed by atoms with Gasteiger partial charge in [0.2, 0.25) is 10.0 Å². The molecule has 1 fully saturated rings. The topological polar surface area (TPSA) is 114 Å². The second-order valence-electron chi connectivity index (χ2n) is 10.1. The van der Waals surface area contributed by atoms with Gasteiger partial charge < -0.3 is 19.7 Å². The zero-order valence-corrected chi connectivity index (χ0v) is 24.0. The molecule has 0 spiro atoms. The average Bonchev–Trinajstić information content (AvgIpc) is 3.48. The molecule has 1 saturated carbocycles. The van der Waals surface area contributed by atoms with Crippen molar-refractivity contribution >= 4 is 39.1 Å². The Labute approximate surface area is 244 Å². The summed E-state index contributed by atoms with van der Waals surface area (Å²) in [6.07, 6.45) is 3.41. The van der Waals surface area contributed by atoms with Crippen LogP contribution in [-0.2, 0) is 26.0 Å². The summed E-state index contributed by atoms with van der Waals surface area (Å²) in [6, 6.07) is 20.9. The van der Waals surface area contributed by atoms with E-state index >= 15 is 0 Å². The molecule has 41 heavy (non-hydrogen) atoms. The molecular weight excluding hydrogens is 566 g/mol. The van der Waals surface area contributed by atoms with Gasteiger partial charge in [0.15, 0.2) is 12.7 Å². The largest absolute Gasteiger partial charge is 0.482 e. The van der Waals surface area contributed by atoms with Crippen molar-refractivity contribution in [3.8, 4) is 11.5 Å². The van der Waals surface area contributed by atoms with Crippen LogP contribution in [0.25, 0.3) is 0 Å². The van der Waals surface area contributed by atoms with Gasteiger partial charge in [0.25, 0.3) is 11.8 Å². The van der Waals surface area contributed by atoms with Crippen LogP contribution >= 0.6 is 11.6 Å². The SMILES string of the molecule is O=C(NCCc1ccccc1)[C@H]1CN(C(=O)COc2ccc(S(=O)(=O)NC3CCCC3)cc2Cl)c2ccccc2O1. The number of nitrogens with zero attached hydrogens (tertiary/aromatic N) is 1. The molecule has 1 atom stereocenters. The molecule has 1 aliphatic heterocycles. The van der Waals surface area contributed by atoms with Crippen LogP contribution in [0.3, 0.4) is 0 Å². The quantitative estimate of drug-likeness (QED) is 0.364. The molecule has 2 aliphatic rings. The van der Waals surface area contributed by atoms with E-state index < -0.39 is 22.0 Å². The molecule has 0 saturated heterocycles. The molecule has 5 rings (SSSR count). The zero-order valence-electron chi connectivity index (χ0n) is 22.4. The summed E-state index contributed by atoms with van der Waals surface area (Å²) in [5.74, 6) is -0.132. The number of carbonyl (C=O) groups is 2. The molecule has 0 unspecified atom stereocenters. The van der Waals surface area contributed by atoms with E-state index in [0.717, 1.165) is 31.2 Å². The predicted octanol–water partition coefficient (Wildman–Crippen LogP) is 4.09. The monoisotopic (exact) mass is 597 g/mol. The Morgan fingerprint density at radius 1 is 1.00 bits per heavy atom. The van der Waals surface area contributed by atoms with Gasteiger partial charge in [-0.25, -0.2) is 13.1 Å². The standard InChI is InChI=1S/C30H32ClN3O6S/c31-24-18-23(41(37,38)33-22-10-4-5-11-22)14-15-26(24)39-20-29(35)34-19-28(40-27-13-7-6-12-25(27)34)30(36)32-17-16-21-8-2-1-3-9-21/h1-3,6-9,12-15,18,22,28,33H,4-5,10-11,16-17,19-20H2,(H,32,36)/t28-/m1/s1. The fourth-order valence-electron chi connectivity index (χ4n) is 5.01. The maximum atomic E-state index is 13.3. The number of benzene rings is 3. The van der Waals surface area contributed by atoms with Gasteiger partial charge in [-0.3, -0.25) is 9.59 Å². The fourth-order valence-corrected chi connectivity index (χ4v) is 6.64. The number of hydrogen-bond acceptors (Lipinski definition) is 6. The van der Waals surface area contributed by atoms with Gasteiger partial charge in [0, 0.05) is 12.6 Å². The van der Waals surface area contributed by atoms with Crippen molar-refractivity contribution in [3.63, 3.8) is 0 Å². The number of hydrogen-bond donors (Lipinski definition) is 2. The lowest BCUT2D eigenvalue weighted by Crippen LogP contribution is -2.52. The van der Waals surface area contributed by atoms with Gasteiger partial charge in [-0.15, -0.1) is 0 Å². The Bertz CT molecular complexity index is 1500. The second kappa shape index (κ2) is 12.9. The Morgan fingerprint density at radius 3 is 2.49 bits per heavy atom. The molecule has 2 N–H and O–H groups in total. The first kappa shape index (κ1) is 28.9. The molecule has 2 amide bonds. The molecule has 3 aromatic rings. The molecule has 11 heteroatoms. The Balaban J connectivity index is 1.21. The predicted molar refractivity (Wildman–Crippen MR) is 156 cm³/mol. The number of amides is 2. The molecule has 0 radical (unpaired) electrons. The summed E-state index contributed by atoms with van der Waals surface area (Å²) in [4.78, 5) is 27.7. The number of carbonyl (C=O) groups excluding carboxylic acids is 2. The van der Waals surface area contributed by atoms with E-state index in [1.165, 1.54) is 23.1 Å². The normalized spacial score (nSPS) is 17.0. The number of para-hydroxylation sites is 2. The molecule has 1 heterocycles. The van der Waals surface area contributed by atoms with E-state index in [4.69, 9.17) is 21.1 Å². The van der Waals surface area contributed by atoms with Gasteiger partial charge >= 0.3 is 0 Å². The highest BCUT2D eigenvalue weighted by Crippen LogP contribution is 2.34. The molecular formula is C30H32ClN3O6S. The maximum Gasteiger partial charge on any atom is 0.265 e. The first-order chi connectivity index (χ1) is 19.8. The third-order valence-corrected chi connectivity index (χ3v) is 8.98. The van der Waals surface area contributed by atoms with Crippen LogP contribution in [0.2, 0.25) is 5.02 Å². The average molecular weight is 598 g/mol. The van der Waals surface area contributed by atoms with Crippen molar-refractivity contribution in [1.29, 1.82) is 0 Å². The molecule has 216 valence electrons. The Hall–Kier alpha value is -3.60. The van der Waals surface area contributed by atoms with Crippen LogP contribution in [0.4, 0.5) is 5.69 Å². The minimum Gasteiger partial charge on any atom is -0.482 e. The van der Waals surface area contributed by atoms with Gasteiger partial charge in [0.1, 0.15) is 11.5 Å². The second-order valence-corrected chi connectivity index (χ2v) is 12.2. The maximum absolute atomic E-state index is 13.3. The molecule has 3 aromatic carbocycles. The van der Waals surface area contributed by atoms with Gasteiger partial charge in [-0.1, -0.05) is 66.9 Å². The number of ether oxygens (including phenoxy) is 2. The van der Waals surface area contributed by atoms with Crippen LogP contribution in [-0.4, -0.2) is 52.1 Å². The van der Waals surface area contributed by atoms with Crippen molar-refractivity contribution in [2.24, 2.45) is 0 Å². The summed E-state index contributed by atoms with van der Waals surface area (Å²) in [5, 5.41) is 2.97. The van der Waals surface area contributed by atoms with E-state index in [9.17, 15) is 18.0 Å². The number of fused-ring (bicyclic) bond motifs is 1. The lowest BCUT2D eigenvalue weighted by molar-refractivity contribution is -0.128. The highest BCUT2D eigenvalue weighted by molar-refractivity contribution is 7.89. The minimum absolute atomic E-state index is 0.00806. The fraction of sp³-hybridized carbons (Fsp3) is 0.333. The summed E-state index contributed by atoms with van der Waals surface area (Å²) in [7, 11) is -3.72. The highest BCUT2D eigenvalue weighted by Gasteiger charge is 2.34. The molecule has 9 nitrogen and oxygen atoms in total. The Morgan fingerprint density at radius 2 is 1.73 bits per heavy atom. The zero-order chi connectivity index (χ0) is 28.8.